The minimum absolute atomic E-state index is 0.00760. The van der Waals surface area contributed by atoms with Gasteiger partial charge >= 0.3 is 0 Å². The second-order valence-corrected chi connectivity index (χ2v) is 5.54. The number of ether oxygens (including phenoxy) is 3. The molecule has 0 amide bonds. The second kappa shape index (κ2) is 5.34. The lowest BCUT2D eigenvalue weighted by molar-refractivity contribution is 0.278. The van der Waals surface area contributed by atoms with E-state index in [0.29, 0.717) is 16.9 Å². The summed E-state index contributed by atoms with van der Waals surface area (Å²) in [6.07, 6.45) is 0. The Kier molecular flexibility index (Phi) is 3.24. The van der Waals surface area contributed by atoms with E-state index in [1.54, 1.807) is 6.07 Å². The van der Waals surface area contributed by atoms with Crippen molar-refractivity contribution in [1.29, 1.82) is 0 Å². The van der Waals surface area contributed by atoms with E-state index in [0.717, 1.165) is 0 Å². The van der Waals surface area contributed by atoms with E-state index in [2.05, 4.69) is 0 Å². The molecule has 0 atom stereocenters. The van der Waals surface area contributed by atoms with Crippen LogP contribution in [0.4, 0.5) is 0 Å². The van der Waals surface area contributed by atoms with Gasteiger partial charge in [-0.05, 0) is 12.1 Å². The van der Waals surface area contributed by atoms with Crippen molar-refractivity contribution in [3.8, 4) is 40.1 Å². The van der Waals surface area contributed by atoms with Crippen LogP contribution in [0.1, 0.15) is 5.56 Å². The van der Waals surface area contributed by atoms with Crippen molar-refractivity contribution in [3.63, 3.8) is 0 Å². The first-order chi connectivity index (χ1) is 12.0. The fourth-order valence-corrected chi connectivity index (χ4v) is 3.03. The third-order valence-electron chi connectivity index (χ3n) is 4.19. The molecule has 0 saturated carbocycles. The van der Waals surface area contributed by atoms with Crippen LogP contribution in [0.3, 0.4) is 0 Å². The van der Waals surface area contributed by atoms with Gasteiger partial charge in [-0.3, -0.25) is 4.79 Å². The summed E-state index contributed by atoms with van der Waals surface area (Å²) in [6.45, 7) is 0.0348. The van der Waals surface area contributed by atoms with Crippen LogP contribution in [0.15, 0.2) is 33.5 Å². The number of aromatic hydroxyl groups is 2. The maximum absolute atomic E-state index is 12.8. The minimum atomic E-state index is -0.478. The van der Waals surface area contributed by atoms with Gasteiger partial charge in [0.25, 0.3) is 0 Å². The van der Waals surface area contributed by atoms with E-state index in [9.17, 15) is 15.0 Å². The van der Waals surface area contributed by atoms with Crippen LogP contribution in [-0.2, 0) is 6.61 Å². The van der Waals surface area contributed by atoms with E-state index < -0.39 is 5.43 Å². The van der Waals surface area contributed by atoms with Crippen molar-refractivity contribution in [2.24, 2.45) is 0 Å². The first kappa shape index (κ1) is 15.2. The molecule has 0 spiro atoms. The molecule has 2 heterocycles. The van der Waals surface area contributed by atoms with E-state index in [4.69, 9.17) is 18.6 Å². The van der Waals surface area contributed by atoms with Gasteiger partial charge in [-0.25, -0.2) is 0 Å². The maximum Gasteiger partial charge on any atom is 0.239 e. The molecule has 1 aliphatic heterocycles. The van der Waals surface area contributed by atoms with Crippen molar-refractivity contribution in [3.05, 3.63) is 40.1 Å². The maximum atomic E-state index is 12.8. The molecule has 0 aliphatic carbocycles. The van der Waals surface area contributed by atoms with Gasteiger partial charge in [0.2, 0.25) is 11.2 Å². The summed E-state index contributed by atoms with van der Waals surface area (Å²) in [5.74, 6) is 0.560. The van der Waals surface area contributed by atoms with Gasteiger partial charge in [-0.15, -0.1) is 0 Å². The predicted octanol–water partition coefficient (Wildman–Crippen LogP) is 2.78. The van der Waals surface area contributed by atoms with Gasteiger partial charge in [-0.1, -0.05) is 0 Å². The molecule has 25 heavy (non-hydrogen) atoms. The standard InChI is InChI=1S/C18H14O7/c1-22-8-5-12(20)14-13(6-8)25-17-9-3-4-11(19)16(23-2)10(9)7-24-18(17)15(14)21/h3-6,19-20H,7H2,1-2H3. The highest BCUT2D eigenvalue weighted by Gasteiger charge is 2.29. The number of phenolic OH excluding ortho intramolecular Hbond substituents is 2. The summed E-state index contributed by atoms with van der Waals surface area (Å²) in [5.41, 5.74) is 0.847. The number of methoxy groups -OCH3 is 2. The summed E-state index contributed by atoms with van der Waals surface area (Å²) in [5, 5.41) is 20.1. The van der Waals surface area contributed by atoms with Crippen LogP contribution < -0.4 is 19.6 Å². The van der Waals surface area contributed by atoms with Crippen LogP contribution in [-0.4, -0.2) is 24.4 Å². The first-order valence-corrected chi connectivity index (χ1v) is 7.45. The Balaban J connectivity index is 2.08. The van der Waals surface area contributed by atoms with E-state index in [1.807, 2.05) is 0 Å². The van der Waals surface area contributed by atoms with E-state index >= 15 is 0 Å². The lowest BCUT2D eigenvalue weighted by atomic mass is 10.00. The zero-order valence-electron chi connectivity index (χ0n) is 13.5. The molecule has 0 unspecified atom stereocenters. The van der Waals surface area contributed by atoms with E-state index in [1.165, 1.54) is 32.4 Å². The number of hydrogen-bond acceptors (Lipinski definition) is 7. The quantitative estimate of drug-likeness (QED) is 0.739. The summed E-state index contributed by atoms with van der Waals surface area (Å²) in [6, 6.07) is 5.94. The summed E-state index contributed by atoms with van der Waals surface area (Å²) < 4.78 is 21.7. The molecule has 1 aromatic heterocycles. The van der Waals surface area contributed by atoms with E-state index in [-0.39, 0.29) is 46.3 Å². The lowest BCUT2D eigenvalue weighted by Crippen LogP contribution is -2.15. The Morgan fingerprint density at radius 1 is 1.08 bits per heavy atom. The molecule has 4 rings (SSSR count). The molecule has 2 N–H and O–H groups in total. The Morgan fingerprint density at radius 3 is 2.60 bits per heavy atom. The van der Waals surface area contributed by atoms with Crippen LogP contribution in [0, 0.1) is 0 Å². The van der Waals surface area contributed by atoms with Crippen molar-refractivity contribution in [2.75, 3.05) is 14.2 Å². The van der Waals surface area contributed by atoms with Gasteiger partial charge < -0.3 is 28.8 Å². The molecular weight excluding hydrogens is 328 g/mol. The molecule has 128 valence electrons. The van der Waals surface area contributed by atoms with Crippen molar-refractivity contribution < 1.29 is 28.8 Å². The highest BCUT2D eigenvalue weighted by atomic mass is 16.5. The molecule has 7 heteroatoms. The Hall–Kier alpha value is -3.35. The van der Waals surface area contributed by atoms with Crippen LogP contribution in [0.2, 0.25) is 0 Å². The molecule has 1 aliphatic rings. The number of hydrogen-bond donors (Lipinski definition) is 2. The Morgan fingerprint density at radius 2 is 1.88 bits per heavy atom. The molecule has 0 bridgehead atoms. The van der Waals surface area contributed by atoms with Crippen molar-refractivity contribution in [1.82, 2.24) is 0 Å². The van der Waals surface area contributed by atoms with Gasteiger partial charge in [0.15, 0.2) is 17.3 Å². The van der Waals surface area contributed by atoms with Gasteiger partial charge in [0, 0.05) is 23.3 Å². The normalized spacial score (nSPS) is 12.2. The molecule has 0 saturated heterocycles. The average Bonchev–Trinajstić information content (AvgIpc) is 2.60. The van der Waals surface area contributed by atoms with Crippen LogP contribution >= 0.6 is 0 Å². The van der Waals surface area contributed by atoms with Crippen LogP contribution in [0.5, 0.6) is 28.7 Å². The van der Waals surface area contributed by atoms with Gasteiger partial charge in [-0.2, -0.15) is 0 Å². The fourth-order valence-electron chi connectivity index (χ4n) is 3.03. The smallest absolute Gasteiger partial charge is 0.239 e. The second-order valence-electron chi connectivity index (χ2n) is 5.54. The fraction of sp³-hybridized carbons (Fsp3) is 0.167. The SMILES string of the molecule is COc1cc(O)c2c(=O)c3c(oc2c1)-c1ccc(O)c(OC)c1CO3. The largest absolute Gasteiger partial charge is 0.507 e. The number of fused-ring (bicyclic) bond motifs is 4. The molecule has 0 radical (unpaired) electrons. The number of benzene rings is 2. The van der Waals surface area contributed by atoms with Crippen LogP contribution in [0.25, 0.3) is 22.3 Å². The molecule has 3 aromatic rings. The topological polar surface area (TPSA) is 98.4 Å². The molecule has 2 aromatic carbocycles. The third-order valence-corrected chi connectivity index (χ3v) is 4.19. The Labute approximate surface area is 141 Å². The summed E-state index contributed by atoms with van der Waals surface area (Å²) >= 11 is 0. The monoisotopic (exact) mass is 342 g/mol. The zero-order valence-corrected chi connectivity index (χ0v) is 13.5. The highest BCUT2D eigenvalue weighted by molar-refractivity contribution is 5.89. The zero-order chi connectivity index (χ0) is 17.7. The number of rotatable bonds is 2. The van der Waals surface area contributed by atoms with Crippen molar-refractivity contribution >= 4 is 11.0 Å². The first-order valence-electron chi connectivity index (χ1n) is 7.45. The molecule has 0 fully saturated rings. The Bertz CT molecular complexity index is 1070. The van der Waals surface area contributed by atoms with Gasteiger partial charge in [0.1, 0.15) is 29.1 Å². The number of phenols is 2. The summed E-state index contributed by atoms with van der Waals surface area (Å²) in [4.78, 5) is 12.8. The highest BCUT2D eigenvalue weighted by Crippen LogP contribution is 2.45. The minimum Gasteiger partial charge on any atom is -0.507 e. The van der Waals surface area contributed by atoms with Crippen molar-refractivity contribution in [2.45, 2.75) is 6.61 Å². The lowest BCUT2D eigenvalue weighted by Gasteiger charge is -2.22. The molecule has 7 nitrogen and oxygen atoms in total. The predicted molar refractivity (Wildman–Crippen MR) is 88.7 cm³/mol. The average molecular weight is 342 g/mol. The summed E-state index contributed by atoms with van der Waals surface area (Å²) in [7, 11) is 2.88. The molecular formula is C18H14O7. The third kappa shape index (κ3) is 2.09. The van der Waals surface area contributed by atoms with Gasteiger partial charge in [0.05, 0.1) is 14.2 Å².